The van der Waals surface area contributed by atoms with Crippen molar-refractivity contribution in [2.24, 2.45) is 0 Å². The van der Waals surface area contributed by atoms with Crippen molar-refractivity contribution < 1.29 is 0 Å². The Balaban J connectivity index is 2.20. The molecule has 102 valence electrons. The molecule has 0 fully saturated rings. The molecule has 0 saturated carbocycles. The largest absolute Gasteiger partial charge is 0.264 e. The van der Waals surface area contributed by atoms with Crippen LogP contribution in [0, 0.1) is 11.3 Å². The lowest BCUT2D eigenvalue weighted by Crippen LogP contribution is -2.00. The molecule has 3 rings (SSSR count). The van der Waals surface area contributed by atoms with Crippen molar-refractivity contribution in [1.82, 2.24) is 20.0 Å². The first-order valence-corrected chi connectivity index (χ1v) is 7.46. The number of aromatic nitrogens is 4. The molecular weight excluding hydrogens is 282 g/mol. The Hall–Kier alpha value is -2.65. The van der Waals surface area contributed by atoms with E-state index in [-0.39, 0.29) is 5.69 Å². The molecule has 21 heavy (non-hydrogen) atoms. The molecule has 0 spiro atoms. The summed E-state index contributed by atoms with van der Waals surface area (Å²) in [7, 11) is 0. The highest BCUT2D eigenvalue weighted by molar-refractivity contribution is 7.98. The van der Waals surface area contributed by atoms with Crippen LogP contribution in [0.3, 0.4) is 0 Å². The van der Waals surface area contributed by atoms with Gasteiger partial charge in [0, 0.05) is 22.9 Å². The standard InChI is InChI=1S/C15H11N5S/c1-21-13-6-2-5-12(8-13)20-15(14(9-16)18-19-20)11-4-3-7-17-10-11/h2-8,10H,1H3. The Morgan fingerprint density at radius 3 is 2.86 bits per heavy atom. The number of pyridine rings is 1. The Labute approximate surface area is 126 Å². The third-order valence-electron chi connectivity index (χ3n) is 3.01. The van der Waals surface area contributed by atoms with Gasteiger partial charge in [-0.25, -0.2) is 4.68 Å². The van der Waals surface area contributed by atoms with Crippen LogP contribution >= 0.6 is 11.8 Å². The summed E-state index contributed by atoms with van der Waals surface area (Å²) in [5.74, 6) is 0. The number of hydrogen-bond acceptors (Lipinski definition) is 5. The number of nitriles is 1. The Morgan fingerprint density at radius 2 is 2.14 bits per heavy atom. The summed E-state index contributed by atoms with van der Waals surface area (Å²) in [6, 6.07) is 13.7. The zero-order valence-electron chi connectivity index (χ0n) is 11.3. The van der Waals surface area contributed by atoms with Crippen molar-refractivity contribution in [2.45, 2.75) is 4.90 Å². The van der Waals surface area contributed by atoms with Crippen molar-refractivity contribution >= 4 is 11.8 Å². The molecule has 0 aliphatic rings. The SMILES string of the molecule is CSc1cccc(-n2nnc(C#N)c2-c2cccnc2)c1. The molecule has 0 unspecified atom stereocenters. The summed E-state index contributed by atoms with van der Waals surface area (Å²) in [6.45, 7) is 0. The van der Waals surface area contributed by atoms with E-state index in [1.54, 1.807) is 28.8 Å². The predicted molar refractivity (Wildman–Crippen MR) is 81.1 cm³/mol. The molecule has 2 heterocycles. The van der Waals surface area contributed by atoms with Crippen LogP contribution in [0.1, 0.15) is 5.69 Å². The van der Waals surface area contributed by atoms with E-state index in [0.717, 1.165) is 16.1 Å². The van der Waals surface area contributed by atoms with Crippen LogP contribution in [0.5, 0.6) is 0 Å². The molecule has 1 aromatic carbocycles. The van der Waals surface area contributed by atoms with Crippen LogP contribution in [0.2, 0.25) is 0 Å². The minimum absolute atomic E-state index is 0.289. The first-order chi connectivity index (χ1) is 10.3. The third kappa shape index (κ3) is 2.51. The van der Waals surface area contributed by atoms with E-state index in [0.29, 0.717) is 5.69 Å². The second-order valence-corrected chi connectivity index (χ2v) is 5.13. The van der Waals surface area contributed by atoms with Gasteiger partial charge in [-0.2, -0.15) is 5.26 Å². The van der Waals surface area contributed by atoms with Crippen molar-refractivity contribution in [3.63, 3.8) is 0 Å². The van der Waals surface area contributed by atoms with Crippen LogP contribution in [0.25, 0.3) is 16.9 Å². The molecule has 0 radical (unpaired) electrons. The Kier molecular flexibility index (Phi) is 3.67. The molecular formula is C15H11N5S. The van der Waals surface area contributed by atoms with Gasteiger partial charge in [0.15, 0.2) is 5.69 Å². The van der Waals surface area contributed by atoms with Gasteiger partial charge in [0.05, 0.1) is 5.69 Å². The lowest BCUT2D eigenvalue weighted by atomic mass is 10.1. The normalized spacial score (nSPS) is 10.3. The van der Waals surface area contributed by atoms with Gasteiger partial charge >= 0.3 is 0 Å². The van der Waals surface area contributed by atoms with Crippen LogP contribution in [0.4, 0.5) is 0 Å². The molecule has 0 bridgehead atoms. The average molecular weight is 293 g/mol. The van der Waals surface area contributed by atoms with Gasteiger partial charge in [-0.05, 0) is 36.6 Å². The molecule has 3 aromatic rings. The quantitative estimate of drug-likeness (QED) is 0.695. The molecule has 5 nitrogen and oxygen atoms in total. The van der Waals surface area contributed by atoms with Gasteiger partial charge in [-0.3, -0.25) is 4.98 Å². The van der Waals surface area contributed by atoms with Crippen LogP contribution in [-0.2, 0) is 0 Å². The molecule has 0 amide bonds. The summed E-state index contributed by atoms with van der Waals surface area (Å²) < 4.78 is 1.68. The summed E-state index contributed by atoms with van der Waals surface area (Å²) in [6.07, 6.45) is 5.41. The van der Waals surface area contributed by atoms with Crippen molar-refractivity contribution in [2.75, 3.05) is 6.26 Å². The second-order valence-electron chi connectivity index (χ2n) is 4.25. The van der Waals surface area contributed by atoms with Crippen LogP contribution < -0.4 is 0 Å². The van der Waals surface area contributed by atoms with Gasteiger partial charge in [0.25, 0.3) is 0 Å². The highest BCUT2D eigenvalue weighted by Gasteiger charge is 2.16. The highest BCUT2D eigenvalue weighted by atomic mass is 32.2. The Morgan fingerprint density at radius 1 is 1.24 bits per heavy atom. The fourth-order valence-corrected chi connectivity index (χ4v) is 2.50. The summed E-state index contributed by atoms with van der Waals surface area (Å²) >= 11 is 1.65. The van der Waals surface area contributed by atoms with E-state index in [9.17, 15) is 5.26 Å². The smallest absolute Gasteiger partial charge is 0.191 e. The minimum Gasteiger partial charge on any atom is -0.264 e. The topological polar surface area (TPSA) is 67.4 Å². The van der Waals surface area contributed by atoms with Gasteiger partial charge in [-0.1, -0.05) is 11.3 Å². The third-order valence-corrected chi connectivity index (χ3v) is 3.73. The van der Waals surface area contributed by atoms with Gasteiger partial charge in [0.1, 0.15) is 11.8 Å². The van der Waals surface area contributed by atoms with Gasteiger partial charge in [-0.15, -0.1) is 16.9 Å². The summed E-state index contributed by atoms with van der Waals surface area (Å²) in [5, 5.41) is 17.3. The first-order valence-electron chi connectivity index (χ1n) is 6.24. The van der Waals surface area contributed by atoms with Crippen molar-refractivity contribution in [3.8, 4) is 23.0 Å². The number of nitrogens with zero attached hydrogens (tertiary/aromatic N) is 5. The van der Waals surface area contributed by atoms with E-state index in [1.807, 2.05) is 42.7 Å². The predicted octanol–water partition coefficient (Wildman–Crippen LogP) is 2.92. The maximum absolute atomic E-state index is 9.25. The fourth-order valence-electron chi connectivity index (χ4n) is 2.04. The summed E-state index contributed by atoms with van der Waals surface area (Å²) in [5.41, 5.74) is 2.63. The summed E-state index contributed by atoms with van der Waals surface area (Å²) in [4.78, 5) is 5.23. The lowest BCUT2D eigenvalue weighted by molar-refractivity contribution is 0.804. The van der Waals surface area contributed by atoms with Gasteiger partial charge < -0.3 is 0 Å². The Bertz CT molecular complexity index is 804. The molecule has 2 aromatic heterocycles. The average Bonchev–Trinajstić information content (AvgIpc) is 2.99. The van der Waals surface area contributed by atoms with Gasteiger partial charge in [0.2, 0.25) is 0 Å². The highest BCUT2D eigenvalue weighted by Crippen LogP contribution is 2.25. The molecule has 0 N–H and O–H groups in total. The molecule has 0 saturated heterocycles. The van der Waals surface area contributed by atoms with E-state index >= 15 is 0 Å². The lowest BCUT2D eigenvalue weighted by Gasteiger charge is -2.07. The van der Waals surface area contributed by atoms with Crippen molar-refractivity contribution in [3.05, 3.63) is 54.5 Å². The molecule has 0 aliphatic carbocycles. The number of hydrogen-bond donors (Lipinski definition) is 0. The zero-order valence-corrected chi connectivity index (χ0v) is 12.1. The number of rotatable bonds is 3. The molecule has 0 aliphatic heterocycles. The molecule has 0 atom stereocenters. The van der Waals surface area contributed by atoms with E-state index < -0.39 is 0 Å². The van der Waals surface area contributed by atoms with Crippen LogP contribution in [0.15, 0.2) is 53.7 Å². The monoisotopic (exact) mass is 293 g/mol. The van der Waals surface area contributed by atoms with E-state index in [4.69, 9.17) is 0 Å². The number of thioether (sulfide) groups is 1. The van der Waals surface area contributed by atoms with Crippen LogP contribution in [-0.4, -0.2) is 26.2 Å². The zero-order chi connectivity index (χ0) is 14.7. The second kappa shape index (κ2) is 5.77. The van der Waals surface area contributed by atoms with E-state index in [1.165, 1.54) is 0 Å². The first kappa shape index (κ1) is 13.3. The maximum atomic E-state index is 9.25. The fraction of sp³-hybridized carbons (Fsp3) is 0.0667. The minimum atomic E-state index is 0.289. The number of benzene rings is 1. The van der Waals surface area contributed by atoms with Crippen molar-refractivity contribution in [1.29, 1.82) is 5.26 Å². The maximum Gasteiger partial charge on any atom is 0.191 e. The molecule has 6 heteroatoms. The van der Waals surface area contributed by atoms with E-state index in [2.05, 4.69) is 21.4 Å².